The normalized spacial score (nSPS) is 11.1. The van der Waals surface area contributed by atoms with Crippen LogP contribution in [0.4, 0.5) is 0 Å². The fourth-order valence-electron chi connectivity index (χ4n) is 1.96. The van der Waals surface area contributed by atoms with E-state index in [0.717, 1.165) is 12.1 Å². The summed E-state index contributed by atoms with van der Waals surface area (Å²) in [6, 6.07) is 0. The third kappa shape index (κ3) is 4.51. The number of carbonyl (C=O) groups is 1. The van der Waals surface area contributed by atoms with Crippen molar-refractivity contribution in [3.63, 3.8) is 0 Å². The van der Waals surface area contributed by atoms with E-state index in [9.17, 15) is 4.79 Å². The minimum Gasteiger partial charge on any atom is -0.341 e. The fraction of sp³-hybridized carbons (Fsp3) is 0.692. The lowest BCUT2D eigenvalue weighted by atomic mass is 9.93. The van der Waals surface area contributed by atoms with Crippen LogP contribution in [0.2, 0.25) is 0 Å². The van der Waals surface area contributed by atoms with Crippen molar-refractivity contribution in [1.29, 1.82) is 0 Å². The number of hydrogen-bond acceptors (Lipinski definition) is 3. The lowest BCUT2D eigenvalue weighted by Crippen LogP contribution is -2.39. The van der Waals surface area contributed by atoms with E-state index < -0.39 is 0 Å². The molecule has 2 N–H and O–H groups in total. The van der Waals surface area contributed by atoms with Gasteiger partial charge in [-0.05, 0) is 18.4 Å². The lowest BCUT2D eigenvalue weighted by Gasteiger charge is -2.29. The Balaban J connectivity index is 0.00000324. The molecule has 0 aliphatic heterocycles. The van der Waals surface area contributed by atoms with Crippen molar-refractivity contribution in [2.24, 2.45) is 18.2 Å². The van der Waals surface area contributed by atoms with Crippen LogP contribution in [0.1, 0.15) is 36.8 Å². The summed E-state index contributed by atoms with van der Waals surface area (Å²) in [4.78, 5) is 14.1. The standard InChI is InChI=1S/C13H24N4O.ClH/c1-6-11-10(7-17(5)15-11)12(18)16(4)9-13(2,3)8-14;/h7H,6,8-9,14H2,1-5H3;1H. The Hall–Kier alpha value is -1.07. The van der Waals surface area contributed by atoms with E-state index >= 15 is 0 Å². The zero-order chi connectivity index (χ0) is 13.9. The van der Waals surface area contributed by atoms with E-state index in [1.807, 2.05) is 21.0 Å². The van der Waals surface area contributed by atoms with E-state index in [1.54, 1.807) is 15.8 Å². The highest BCUT2D eigenvalue weighted by Gasteiger charge is 2.24. The fourth-order valence-corrected chi connectivity index (χ4v) is 1.96. The molecule has 0 atom stereocenters. The van der Waals surface area contributed by atoms with Gasteiger partial charge in [-0.25, -0.2) is 0 Å². The Morgan fingerprint density at radius 3 is 2.58 bits per heavy atom. The molecule has 6 heteroatoms. The topological polar surface area (TPSA) is 64.2 Å². The Labute approximate surface area is 121 Å². The molecule has 0 aliphatic carbocycles. The summed E-state index contributed by atoms with van der Waals surface area (Å²) in [6.45, 7) is 7.31. The second-order valence-electron chi connectivity index (χ2n) is 5.55. The molecule has 1 rings (SSSR count). The number of rotatable bonds is 5. The van der Waals surface area contributed by atoms with Crippen molar-refractivity contribution >= 4 is 18.3 Å². The Kier molecular flexibility index (Phi) is 6.52. The maximum absolute atomic E-state index is 12.4. The predicted octanol–water partition coefficient (Wildman–Crippen LogP) is 1.46. The van der Waals surface area contributed by atoms with Gasteiger partial charge in [-0.3, -0.25) is 9.48 Å². The first-order chi connectivity index (χ1) is 8.30. The van der Waals surface area contributed by atoms with Crippen LogP contribution in [0.3, 0.4) is 0 Å². The first-order valence-electron chi connectivity index (χ1n) is 6.28. The van der Waals surface area contributed by atoms with Gasteiger partial charge in [0.05, 0.1) is 11.3 Å². The van der Waals surface area contributed by atoms with Crippen LogP contribution in [0.25, 0.3) is 0 Å². The van der Waals surface area contributed by atoms with Gasteiger partial charge < -0.3 is 10.6 Å². The van der Waals surface area contributed by atoms with Crippen LogP contribution in [-0.4, -0.2) is 40.7 Å². The van der Waals surface area contributed by atoms with Gasteiger partial charge in [0.1, 0.15) is 0 Å². The molecule has 0 spiro atoms. The van der Waals surface area contributed by atoms with Gasteiger partial charge in [0, 0.05) is 26.8 Å². The average Bonchev–Trinajstić information content (AvgIpc) is 2.68. The van der Waals surface area contributed by atoms with Crippen molar-refractivity contribution in [2.75, 3.05) is 20.1 Å². The molecule has 19 heavy (non-hydrogen) atoms. The summed E-state index contributed by atoms with van der Waals surface area (Å²) in [7, 11) is 3.64. The van der Waals surface area contributed by atoms with Gasteiger partial charge in [-0.2, -0.15) is 5.10 Å². The van der Waals surface area contributed by atoms with Crippen molar-refractivity contribution in [1.82, 2.24) is 14.7 Å². The highest BCUT2D eigenvalue weighted by molar-refractivity contribution is 5.95. The number of nitrogens with two attached hydrogens (primary N) is 1. The van der Waals surface area contributed by atoms with E-state index in [1.165, 1.54) is 0 Å². The molecule has 0 saturated carbocycles. The summed E-state index contributed by atoms with van der Waals surface area (Å²) in [5.74, 6) is 0.0153. The zero-order valence-electron chi connectivity index (χ0n) is 12.4. The second-order valence-corrected chi connectivity index (χ2v) is 5.55. The van der Waals surface area contributed by atoms with Crippen molar-refractivity contribution < 1.29 is 4.79 Å². The van der Waals surface area contributed by atoms with E-state index in [2.05, 4.69) is 18.9 Å². The summed E-state index contributed by atoms with van der Waals surface area (Å²) in [6.07, 6.45) is 2.54. The van der Waals surface area contributed by atoms with Crippen LogP contribution in [0.15, 0.2) is 6.20 Å². The second kappa shape index (κ2) is 6.91. The summed E-state index contributed by atoms with van der Waals surface area (Å²) >= 11 is 0. The molecule has 1 heterocycles. The quantitative estimate of drug-likeness (QED) is 0.892. The van der Waals surface area contributed by atoms with E-state index in [4.69, 9.17) is 5.73 Å². The largest absolute Gasteiger partial charge is 0.341 e. The van der Waals surface area contributed by atoms with Crippen molar-refractivity contribution in [3.05, 3.63) is 17.5 Å². The SMILES string of the molecule is CCc1nn(C)cc1C(=O)N(C)CC(C)(C)CN.Cl. The summed E-state index contributed by atoms with van der Waals surface area (Å²) < 4.78 is 1.69. The van der Waals surface area contributed by atoms with Crippen LogP contribution in [0.5, 0.6) is 0 Å². The summed E-state index contributed by atoms with van der Waals surface area (Å²) in [5.41, 5.74) is 7.17. The van der Waals surface area contributed by atoms with Gasteiger partial charge in [0.15, 0.2) is 0 Å². The first-order valence-corrected chi connectivity index (χ1v) is 6.28. The maximum Gasteiger partial charge on any atom is 0.257 e. The van der Waals surface area contributed by atoms with Crippen molar-refractivity contribution in [3.8, 4) is 0 Å². The minimum absolute atomic E-state index is 0. The highest BCUT2D eigenvalue weighted by Crippen LogP contribution is 2.17. The molecule has 1 aromatic heterocycles. The van der Waals surface area contributed by atoms with E-state index in [-0.39, 0.29) is 23.7 Å². The maximum atomic E-state index is 12.4. The highest BCUT2D eigenvalue weighted by atomic mass is 35.5. The Morgan fingerprint density at radius 1 is 1.53 bits per heavy atom. The molecule has 0 bridgehead atoms. The van der Waals surface area contributed by atoms with Crippen LogP contribution in [0, 0.1) is 5.41 Å². The van der Waals surface area contributed by atoms with Crippen LogP contribution >= 0.6 is 12.4 Å². The number of halogens is 1. The third-order valence-electron chi connectivity index (χ3n) is 3.04. The van der Waals surface area contributed by atoms with Crippen molar-refractivity contribution in [2.45, 2.75) is 27.2 Å². The molecular weight excluding hydrogens is 264 g/mol. The van der Waals surface area contributed by atoms with Gasteiger partial charge in [0.25, 0.3) is 5.91 Å². The molecule has 1 aromatic rings. The van der Waals surface area contributed by atoms with Gasteiger partial charge in [-0.15, -0.1) is 12.4 Å². The average molecular weight is 289 g/mol. The monoisotopic (exact) mass is 288 g/mol. The lowest BCUT2D eigenvalue weighted by molar-refractivity contribution is 0.0739. The number of aryl methyl sites for hydroxylation is 2. The van der Waals surface area contributed by atoms with Gasteiger partial charge in [0.2, 0.25) is 0 Å². The molecule has 0 fully saturated rings. The van der Waals surface area contributed by atoms with Crippen LogP contribution in [-0.2, 0) is 13.5 Å². The molecule has 110 valence electrons. The number of nitrogens with zero attached hydrogens (tertiary/aromatic N) is 3. The van der Waals surface area contributed by atoms with E-state index in [0.29, 0.717) is 18.7 Å². The number of aromatic nitrogens is 2. The molecular formula is C13H25ClN4O. The van der Waals surface area contributed by atoms with Crippen LogP contribution < -0.4 is 5.73 Å². The first kappa shape index (κ1) is 17.9. The third-order valence-corrected chi connectivity index (χ3v) is 3.04. The Bertz CT molecular complexity index is 428. The zero-order valence-corrected chi connectivity index (χ0v) is 13.3. The molecule has 0 aromatic carbocycles. The Morgan fingerprint density at radius 2 is 2.11 bits per heavy atom. The molecule has 0 aliphatic rings. The molecule has 0 radical (unpaired) electrons. The number of carbonyl (C=O) groups excluding carboxylic acids is 1. The minimum atomic E-state index is -0.0704. The molecule has 1 amide bonds. The number of amides is 1. The van der Waals surface area contributed by atoms with Gasteiger partial charge >= 0.3 is 0 Å². The molecule has 0 saturated heterocycles. The van der Waals surface area contributed by atoms with Gasteiger partial charge in [-0.1, -0.05) is 20.8 Å². The number of hydrogen-bond donors (Lipinski definition) is 1. The smallest absolute Gasteiger partial charge is 0.257 e. The molecule has 0 unspecified atom stereocenters. The predicted molar refractivity (Wildman–Crippen MR) is 79.6 cm³/mol. The summed E-state index contributed by atoms with van der Waals surface area (Å²) in [5, 5.41) is 4.29. The molecule has 5 nitrogen and oxygen atoms in total.